The third-order valence-electron chi connectivity index (χ3n) is 4.29. The predicted molar refractivity (Wildman–Crippen MR) is 74.3 cm³/mol. The minimum atomic E-state index is 0.304. The van der Waals surface area contributed by atoms with Crippen LogP contribution in [0.25, 0.3) is 0 Å². The third-order valence-corrected chi connectivity index (χ3v) is 4.29. The van der Waals surface area contributed by atoms with Crippen LogP contribution in [0.15, 0.2) is 24.3 Å². The van der Waals surface area contributed by atoms with E-state index in [-0.39, 0.29) is 0 Å². The lowest BCUT2D eigenvalue weighted by Crippen LogP contribution is -2.48. The Morgan fingerprint density at radius 1 is 1.12 bits per heavy atom. The van der Waals surface area contributed by atoms with Gasteiger partial charge in [0.15, 0.2) is 0 Å². The van der Waals surface area contributed by atoms with Crippen molar-refractivity contribution in [2.24, 2.45) is 0 Å². The van der Waals surface area contributed by atoms with Crippen molar-refractivity contribution in [1.82, 2.24) is 4.90 Å². The summed E-state index contributed by atoms with van der Waals surface area (Å²) in [5.74, 6) is 0. The highest BCUT2D eigenvalue weighted by Gasteiger charge is 2.38. The highest BCUT2D eigenvalue weighted by atomic mass is 15.2. The van der Waals surface area contributed by atoms with Gasteiger partial charge in [-0.25, -0.2) is 0 Å². The van der Waals surface area contributed by atoms with Gasteiger partial charge in [0.2, 0.25) is 0 Å². The third kappa shape index (κ3) is 2.13. The van der Waals surface area contributed by atoms with Gasteiger partial charge in [-0.05, 0) is 37.4 Å². The lowest BCUT2D eigenvalue weighted by molar-refractivity contribution is 0.0819. The molecule has 1 nitrogen and oxygen atoms in total. The fraction of sp³-hybridized carbons (Fsp3) is 0.625. The normalized spacial score (nSPS) is 19.0. The molecular formula is C16H25N. The summed E-state index contributed by atoms with van der Waals surface area (Å²) in [5, 5.41) is 0. The molecule has 0 spiro atoms. The monoisotopic (exact) mass is 231 g/mol. The van der Waals surface area contributed by atoms with Crippen LogP contribution in [-0.4, -0.2) is 18.5 Å². The minimum absolute atomic E-state index is 0.304. The molecule has 0 bridgehead atoms. The Labute approximate surface area is 106 Å². The predicted octanol–water partition coefficient (Wildman–Crippen LogP) is 3.97. The number of benzene rings is 1. The first-order valence-corrected chi connectivity index (χ1v) is 7.04. The first-order chi connectivity index (χ1) is 8.24. The highest BCUT2D eigenvalue weighted by Crippen LogP contribution is 2.41. The molecule has 94 valence electrons. The average molecular weight is 231 g/mol. The molecule has 1 aromatic rings. The Hall–Kier alpha value is -0.820. The molecular weight excluding hydrogens is 206 g/mol. The fourth-order valence-electron chi connectivity index (χ4n) is 3.50. The van der Waals surface area contributed by atoms with Crippen molar-refractivity contribution in [3.05, 3.63) is 35.4 Å². The molecule has 1 aliphatic heterocycles. The van der Waals surface area contributed by atoms with Gasteiger partial charge in [-0.3, -0.25) is 4.90 Å². The van der Waals surface area contributed by atoms with E-state index in [4.69, 9.17) is 0 Å². The van der Waals surface area contributed by atoms with E-state index in [1.807, 2.05) is 0 Å². The summed E-state index contributed by atoms with van der Waals surface area (Å²) in [5.41, 5.74) is 3.48. The Morgan fingerprint density at radius 2 is 1.76 bits per heavy atom. The molecule has 0 N–H and O–H groups in total. The molecule has 0 aliphatic carbocycles. The molecule has 0 radical (unpaired) electrons. The van der Waals surface area contributed by atoms with Gasteiger partial charge in [-0.15, -0.1) is 0 Å². The van der Waals surface area contributed by atoms with E-state index < -0.39 is 0 Å². The number of nitrogens with zero attached hydrogens (tertiary/aromatic N) is 1. The smallest absolute Gasteiger partial charge is 0.0460 e. The largest absolute Gasteiger partial charge is 0.296 e. The Morgan fingerprint density at radius 3 is 2.41 bits per heavy atom. The van der Waals surface area contributed by atoms with E-state index in [1.165, 1.54) is 38.6 Å². The molecule has 1 heterocycles. The maximum atomic E-state index is 2.60. The van der Waals surface area contributed by atoms with Crippen molar-refractivity contribution < 1.29 is 0 Å². The standard InChI is InChI=1S/C16H25N/c1-4-11-16(12-5-2)15-9-7-6-8-14(15)10-13-17(16)3/h6-9H,4-5,10-13H2,1-3H3. The van der Waals surface area contributed by atoms with Gasteiger partial charge >= 0.3 is 0 Å². The lowest BCUT2D eigenvalue weighted by atomic mass is 9.75. The number of hydrogen-bond donors (Lipinski definition) is 0. The fourth-order valence-corrected chi connectivity index (χ4v) is 3.50. The zero-order chi connectivity index (χ0) is 12.3. The molecule has 0 amide bonds. The summed E-state index contributed by atoms with van der Waals surface area (Å²) >= 11 is 0. The topological polar surface area (TPSA) is 3.24 Å². The SMILES string of the molecule is CCCC1(CCC)c2ccccc2CCN1C. The van der Waals surface area contributed by atoms with Gasteiger partial charge < -0.3 is 0 Å². The molecule has 0 saturated carbocycles. The van der Waals surface area contributed by atoms with E-state index in [2.05, 4.69) is 50.1 Å². The molecule has 0 fully saturated rings. The van der Waals surface area contributed by atoms with Crippen LogP contribution in [0.3, 0.4) is 0 Å². The van der Waals surface area contributed by atoms with Gasteiger partial charge in [-0.2, -0.15) is 0 Å². The van der Waals surface area contributed by atoms with Crippen molar-refractivity contribution >= 4 is 0 Å². The summed E-state index contributed by atoms with van der Waals surface area (Å²) in [6.45, 7) is 5.82. The van der Waals surface area contributed by atoms with Crippen molar-refractivity contribution in [1.29, 1.82) is 0 Å². The number of fused-ring (bicyclic) bond motifs is 1. The second-order valence-corrected chi connectivity index (χ2v) is 5.36. The Kier molecular flexibility index (Phi) is 3.88. The molecule has 0 saturated heterocycles. The van der Waals surface area contributed by atoms with Crippen LogP contribution in [0.5, 0.6) is 0 Å². The van der Waals surface area contributed by atoms with Crippen molar-refractivity contribution in [3.63, 3.8) is 0 Å². The molecule has 1 heteroatoms. The molecule has 1 aromatic carbocycles. The van der Waals surface area contributed by atoms with Crippen LogP contribution in [0.1, 0.15) is 50.7 Å². The summed E-state index contributed by atoms with van der Waals surface area (Å²) < 4.78 is 0. The average Bonchev–Trinajstić information content (AvgIpc) is 2.35. The molecule has 0 aromatic heterocycles. The van der Waals surface area contributed by atoms with E-state index in [1.54, 1.807) is 11.1 Å². The van der Waals surface area contributed by atoms with Crippen molar-refractivity contribution in [2.75, 3.05) is 13.6 Å². The van der Waals surface area contributed by atoms with Crippen molar-refractivity contribution in [3.8, 4) is 0 Å². The lowest BCUT2D eigenvalue weighted by Gasteiger charge is -2.47. The molecule has 0 atom stereocenters. The van der Waals surface area contributed by atoms with Gasteiger partial charge in [-0.1, -0.05) is 51.0 Å². The second kappa shape index (κ2) is 5.22. The summed E-state index contributed by atoms with van der Waals surface area (Å²) in [6, 6.07) is 9.07. The number of likely N-dealkylation sites (N-methyl/N-ethyl adjacent to an activating group) is 1. The van der Waals surface area contributed by atoms with Gasteiger partial charge in [0.25, 0.3) is 0 Å². The van der Waals surface area contributed by atoms with Crippen LogP contribution >= 0.6 is 0 Å². The second-order valence-electron chi connectivity index (χ2n) is 5.36. The van der Waals surface area contributed by atoms with Gasteiger partial charge in [0.1, 0.15) is 0 Å². The van der Waals surface area contributed by atoms with Crippen LogP contribution in [0.4, 0.5) is 0 Å². The van der Waals surface area contributed by atoms with Crippen LogP contribution in [-0.2, 0) is 12.0 Å². The Balaban J connectivity index is 2.47. The molecule has 17 heavy (non-hydrogen) atoms. The molecule has 1 aliphatic rings. The Bertz CT molecular complexity index is 364. The van der Waals surface area contributed by atoms with E-state index >= 15 is 0 Å². The van der Waals surface area contributed by atoms with Crippen LogP contribution in [0.2, 0.25) is 0 Å². The molecule has 2 rings (SSSR count). The maximum absolute atomic E-state index is 2.60. The highest BCUT2D eigenvalue weighted by molar-refractivity contribution is 5.36. The van der Waals surface area contributed by atoms with E-state index in [9.17, 15) is 0 Å². The zero-order valence-electron chi connectivity index (χ0n) is 11.5. The minimum Gasteiger partial charge on any atom is -0.296 e. The van der Waals surface area contributed by atoms with Crippen molar-refractivity contribution in [2.45, 2.75) is 51.5 Å². The zero-order valence-corrected chi connectivity index (χ0v) is 11.5. The first-order valence-electron chi connectivity index (χ1n) is 7.04. The van der Waals surface area contributed by atoms with E-state index in [0.29, 0.717) is 5.54 Å². The van der Waals surface area contributed by atoms with Gasteiger partial charge in [0.05, 0.1) is 0 Å². The maximum Gasteiger partial charge on any atom is 0.0460 e. The van der Waals surface area contributed by atoms with Crippen LogP contribution in [0, 0.1) is 0 Å². The number of rotatable bonds is 4. The van der Waals surface area contributed by atoms with Gasteiger partial charge in [0, 0.05) is 12.1 Å². The number of hydrogen-bond acceptors (Lipinski definition) is 1. The van der Waals surface area contributed by atoms with E-state index in [0.717, 1.165) is 0 Å². The van der Waals surface area contributed by atoms with Crippen LogP contribution < -0.4 is 0 Å². The summed E-state index contributed by atoms with van der Waals surface area (Å²) in [6.07, 6.45) is 6.31. The first kappa shape index (κ1) is 12.6. The summed E-state index contributed by atoms with van der Waals surface area (Å²) in [4.78, 5) is 2.60. The summed E-state index contributed by atoms with van der Waals surface area (Å²) in [7, 11) is 2.31. The quantitative estimate of drug-likeness (QED) is 0.758. The molecule has 0 unspecified atom stereocenters.